The van der Waals surface area contributed by atoms with Crippen molar-refractivity contribution in [2.45, 2.75) is 46.3 Å². The fourth-order valence-corrected chi connectivity index (χ4v) is 3.82. The predicted molar refractivity (Wildman–Crippen MR) is 120 cm³/mol. The zero-order chi connectivity index (χ0) is 21.6. The van der Waals surface area contributed by atoms with Crippen molar-refractivity contribution in [3.05, 3.63) is 76.7 Å². The predicted octanol–water partition coefficient (Wildman–Crippen LogP) is 4.33. The van der Waals surface area contributed by atoms with E-state index in [9.17, 15) is 4.79 Å². The lowest BCUT2D eigenvalue weighted by Gasteiger charge is -2.17. The molecule has 0 unspecified atom stereocenters. The monoisotopic (exact) mass is 419 g/mol. The standard InChI is InChI=1S/C25H29N3O3/c1-18-24(19(2)31-27-18)17-30-23-11-7-20(8-12-23)15-25(29)26-16-21-5-9-22(10-6-21)28-13-3-4-14-28/h5-12H,3-4,13-17H2,1-2H3,(H,26,29). The van der Waals surface area contributed by atoms with Gasteiger partial charge >= 0.3 is 0 Å². The molecule has 0 spiro atoms. The highest BCUT2D eigenvalue weighted by atomic mass is 16.5. The summed E-state index contributed by atoms with van der Waals surface area (Å²) in [6.45, 7) is 7.01. The molecule has 6 heteroatoms. The van der Waals surface area contributed by atoms with Crippen LogP contribution in [0.2, 0.25) is 0 Å². The van der Waals surface area contributed by atoms with Gasteiger partial charge in [-0.2, -0.15) is 0 Å². The molecule has 1 aliphatic heterocycles. The van der Waals surface area contributed by atoms with Gasteiger partial charge in [-0.1, -0.05) is 29.4 Å². The van der Waals surface area contributed by atoms with E-state index in [0.29, 0.717) is 19.6 Å². The zero-order valence-corrected chi connectivity index (χ0v) is 18.2. The molecule has 1 fully saturated rings. The third-order valence-electron chi connectivity index (χ3n) is 5.75. The SMILES string of the molecule is Cc1noc(C)c1COc1ccc(CC(=O)NCc2ccc(N3CCCC3)cc2)cc1. The largest absolute Gasteiger partial charge is 0.489 e. The minimum atomic E-state index is 0.00742. The second kappa shape index (κ2) is 9.69. The molecule has 1 aliphatic rings. The van der Waals surface area contributed by atoms with E-state index in [1.165, 1.54) is 18.5 Å². The van der Waals surface area contributed by atoms with Gasteiger partial charge in [-0.25, -0.2) is 0 Å². The Kier molecular flexibility index (Phi) is 6.55. The second-order valence-corrected chi connectivity index (χ2v) is 8.05. The summed E-state index contributed by atoms with van der Waals surface area (Å²) < 4.78 is 11.0. The molecule has 0 atom stereocenters. The summed E-state index contributed by atoms with van der Waals surface area (Å²) in [7, 11) is 0. The highest BCUT2D eigenvalue weighted by Crippen LogP contribution is 2.21. The fraction of sp³-hybridized carbons (Fsp3) is 0.360. The maximum Gasteiger partial charge on any atom is 0.224 e. The highest BCUT2D eigenvalue weighted by molar-refractivity contribution is 5.78. The van der Waals surface area contributed by atoms with Gasteiger partial charge in [0, 0.05) is 25.3 Å². The summed E-state index contributed by atoms with van der Waals surface area (Å²) in [5.41, 5.74) is 5.14. The number of rotatable bonds is 8. The maximum absolute atomic E-state index is 12.3. The third-order valence-corrected chi connectivity index (χ3v) is 5.75. The Labute approximate surface area is 183 Å². The Morgan fingerprint density at radius 3 is 2.35 bits per heavy atom. The van der Waals surface area contributed by atoms with Gasteiger partial charge < -0.3 is 19.5 Å². The molecule has 2 aromatic carbocycles. The van der Waals surface area contributed by atoms with Gasteiger partial charge in [0.05, 0.1) is 17.7 Å². The Hall–Kier alpha value is -3.28. The Morgan fingerprint density at radius 2 is 1.71 bits per heavy atom. The number of nitrogens with zero attached hydrogens (tertiary/aromatic N) is 2. The van der Waals surface area contributed by atoms with Gasteiger partial charge in [0.1, 0.15) is 18.1 Å². The summed E-state index contributed by atoms with van der Waals surface area (Å²) in [5, 5.41) is 6.94. The van der Waals surface area contributed by atoms with E-state index in [4.69, 9.17) is 9.26 Å². The summed E-state index contributed by atoms with van der Waals surface area (Å²) >= 11 is 0. The smallest absolute Gasteiger partial charge is 0.224 e. The van der Waals surface area contributed by atoms with Gasteiger partial charge in [0.2, 0.25) is 5.91 Å². The number of hydrogen-bond donors (Lipinski definition) is 1. The van der Waals surface area contributed by atoms with Gasteiger partial charge in [0.15, 0.2) is 0 Å². The van der Waals surface area contributed by atoms with Crippen LogP contribution in [0, 0.1) is 13.8 Å². The van der Waals surface area contributed by atoms with Gasteiger partial charge in [0.25, 0.3) is 0 Å². The summed E-state index contributed by atoms with van der Waals surface area (Å²) in [6.07, 6.45) is 2.88. The lowest BCUT2D eigenvalue weighted by Crippen LogP contribution is -2.24. The zero-order valence-electron chi connectivity index (χ0n) is 18.2. The normalized spacial score (nSPS) is 13.4. The molecule has 0 radical (unpaired) electrons. The molecule has 1 saturated heterocycles. The molecule has 3 aromatic rings. The van der Waals surface area contributed by atoms with Crippen molar-refractivity contribution in [1.82, 2.24) is 10.5 Å². The third kappa shape index (κ3) is 5.45. The van der Waals surface area contributed by atoms with Crippen molar-refractivity contribution >= 4 is 11.6 Å². The van der Waals surface area contributed by atoms with E-state index >= 15 is 0 Å². The molecule has 4 rings (SSSR count). The average molecular weight is 420 g/mol. The van der Waals surface area contributed by atoms with E-state index in [1.807, 2.05) is 38.1 Å². The first-order chi connectivity index (χ1) is 15.1. The van der Waals surface area contributed by atoms with E-state index in [-0.39, 0.29) is 5.91 Å². The van der Waals surface area contributed by atoms with Crippen molar-refractivity contribution in [3.63, 3.8) is 0 Å². The maximum atomic E-state index is 12.3. The van der Waals surface area contributed by atoms with Crippen molar-refractivity contribution in [2.24, 2.45) is 0 Å². The number of anilines is 1. The molecule has 0 saturated carbocycles. The molecule has 2 heterocycles. The van der Waals surface area contributed by atoms with E-state index in [1.54, 1.807) is 0 Å². The van der Waals surface area contributed by atoms with Crippen LogP contribution in [0.4, 0.5) is 5.69 Å². The van der Waals surface area contributed by atoms with Crippen molar-refractivity contribution in [2.75, 3.05) is 18.0 Å². The fourth-order valence-electron chi connectivity index (χ4n) is 3.82. The minimum absolute atomic E-state index is 0.00742. The molecule has 162 valence electrons. The van der Waals surface area contributed by atoms with Gasteiger partial charge in [-0.05, 0) is 62.1 Å². The molecular formula is C25H29N3O3. The number of nitrogens with one attached hydrogen (secondary N) is 1. The number of aryl methyl sites for hydroxylation is 2. The number of aromatic nitrogens is 1. The van der Waals surface area contributed by atoms with Gasteiger partial charge in [-0.3, -0.25) is 4.79 Å². The Balaban J connectivity index is 1.23. The molecule has 6 nitrogen and oxygen atoms in total. The molecule has 0 bridgehead atoms. The van der Waals surface area contributed by atoms with Crippen LogP contribution in [-0.2, 0) is 24.4 Å². The second-order valence-electron chi connectivity index (χ2n) is 8.05. The van der Waals surface area contributed by atoms with E-state index in [0.717, 1.165) is 47.0 Å². The van der Waals surface area contributed by atoms with Crippen LogP contribution in [0.15, 0.2) is 53.1 Å². The number of hydrogen-bond acceptors (Lipinski definition) is 5. The number of carbonyl (C=O) groups excluding carboxylic acids is 1. The molecule has 0 aliphatic carbocycles. The van der Waals surface area contributed by atoms with E-state index < -0.39 is 0 Å². The van der Waals surface area contributed by atoms with Crippen molar-refractivity contribution in [1.29, 1.82) is 0 Å². The number of carbonyl (C=O) groups is 1. The first-order valence-electron chi connectivity index (χ1n) is 10.8. The Bertz CT molecular complexity index is 984. The molecule has 31 heavy (non-hydrogen) atoms. The lowest BCUT2D eigenvalue weighted by molar-refractivity contribution is -0.120. The first kappa shape index (κ1) is 21.0. The number of amides is 1. The van der Waals surface area contributed by atoms with Crippen LogP contribution in [0.3, 0.4) is 0 Å². The summed E-state index contributed by atoms with van der Waals surface area (Å²) in [5.74, 6) is 1.53. The molecule has 1 N–H and O–H groups in total. The van der Waals surface area contributed by atoms with Crippen LogP contribution in [0.25, 0.3) is 0 Å². The highest BCUT2D eigenvalue weighted by Gasteiger charge is 2.12. The first-order valence-corrected chi connectivity index (χ1v) is 10.8. The quantitative estimate of drug-likeness (QED) is 0.589. The topological polar surface area (TPSA) is 67.6 Å². The number of benzene rings is 2. The van der Waals surface area contributed by atoms with Crippen LogP contribution in [-0.4, -0.2) is 24.2 Å². The molecular weight excluding hydrogens is 390 g/mol. The van der Waals surface area contributed by atoms with Gasteiger partial charge in [-0.15, -0.1) is 0 Å². The minimum Gasteiger partial charge on any atom is -0.489 e. The van der Waals surface area contributed by atoms with Crippen LogP contribution in [0.1, 0.15) is 41.0 Å². The lowest BCUT2D eigenvalue weighted by atomic mass is 10.1. The van der Waals surface area contributed by atoms with E-state index in [2.05, 4.69) is 39.6 Å². The van der Waals surface area contributed by atoms with Crippen LogP contribution < -0.4 is 15.0 Å². The van der Waals surface area contributed by atoms with Crippen molar-refractivity contribution in [3.8, 4) is 5.75 Å². The van der Waals surface area contributed by atoms with Crippen LogP contribution >= 0.6 is 0 Å². The Morgan fingerprint density at radius 1 is 1.03 bits per heavy atom. The molecule has 1 aromatic heterocycles. The molecule has 1 amide bonds. The summed E-state index contributed by atoms with van der Waals surface area (Å²) in [4.78, 5) is 14.7. The van der Waals surface area contributed by atoms with Crippen molar-refractivity contribution < 1.29 is 14.1 Å². The average Bonchev–Trinajstić information content (AvgIpc) is 3.43. The number of ether oxygens (including phenoxy) is 1. The van der Waals surface area contributed by atoms with Crippen LogP contribution in [0.5, 0.6) is 5.75 Å². The summed E-state index contributed by atoms with van der Waals surface area (Å²) in [6, 6.07) is 16.1.